The van der Waals surface area contributed by atoms with E-state index in [-0.39, 0.29) is 11.2 Å². The molecule has 130 valence electrons. The average Bonchev–Trinajstić information content (AvgIpc) is 2.50. The zero-order valence-corrected chi connectivity index (χ0v) is 15.3. The second-order valence-electron chi connectivity index (χ2n) is 6.82. The molecule has 0 aromatic heterocycles. The Morgan fingerprint density at radius 2 is 2.00 bits per heavy atom. The molecule has 0 heterocycles. The Labute approximate surface area is 140 Å². The summed E-state index contributed by atoms with van der Waals surface area (Å²) >= 11 is 0. The number of aliphatic imine (C=N–C) groups is 1. The van der Waals surface area contributed by atoms with Crippen molar-refractivity contribution in [3.05, 3.63) is 35.6 Å². The molecule has 4 nitrogen and oxygen atoms in total. The molecule has 1 rings (SSSR count). The Morgan fingerprint density at radius 3 is 2.57 bits per heavy atom. The van der Waals surface area contributed by atoms with Gasteiger partial charge in [0.25, 0.3) is 0 Å². The molecule has 0 amide bonds. The van der Waals surface area contributed by atoms with E-state index in [2.05, 4.69) is 55.3 Å². The lowest BCUT2D eigenvalue weighted by molar-refractivity contribution is 0.278. The van der Waals surface area contributed by atoms with Crippen molar-refractivity contribution < 1.29 is 4.39 Å². The molecule has 23 heavy (non-hydrogen) atoms. The minimum atomic E-state index is -0.199. The molecule has 0 aliphatic carbocycles. The number of hydrogen-bond donors (Lipinski definition) is 2. The van der Waals surface area contributed by atoms with Crippen LogP contribution in [0.25, 0.3) is 0 Å². The molecule has 5 heteroatoms. The third-order valence-electron chi connectivity index (χ3n) is 4.17. The summed E-state index contributed by atoms with van der Waals surface area (Å²) in [5.41, 5.74) is 0.786. The van der Waals surface area contributed by atoms with E-state index >= 15 is 0 Å². The first kappa shape index (κ1) is 19.4. The predicted octanol–water partition coefficient (Wildman–Crippen LogP) is 2.61. The summed E-state index contributed by atoms with van der Waals surface area (Å²) < 4.78 is 13.4. The Morgan fingerprint density at radius 1 is 1.30 bits per heavy atom. The summed E-state index contributed by atoms with van der Waals surface area (Å²) in [6, 6.07) is 7.30. The molecule has 2 N–H and O–H groups in total. The SMILES string of the molecule is CN=C(NCCN(C)C(C)C)NCC(C)(C)c1cccc(F)c1. The highest BCUT2D eigenvalue weighted by atomic mass is 19.1. The lowest BCUT2D eigenvalue weighted by Gasteiger charge is -2.27. The monoisotopic (exact) mass is 322 g/mol. The Hall–Kier alpha value is -1.62. The zero-order valence-electron chi connectivity index (χ0n) is 15.3. The molecule has 0 atom stereocenters. The molecule has 1 aromatic carbocycles. The van der Waals surface area contributed by atoms with Crippen LogP contribution in [0.4, 0.5) is 4.39 Å². The smallest absolute Gasteiger partial charge is 0.191 e. The van der Waals surface area contributed by atoms with Crippen molar-refractivity contribution in [1.29, 1.82) is 0 Å². The predicted molar refractivity (Wildman–Crippen MR) is 96.6 cm³/mol. The van der Waals surface area contributed by atoms with Crippen molar-refractivity contribution >= 4 is 5.96 Å². The van der Waals surface area contributed by atoms with Crippen LogP contribution in [0.5, 0.6) is 0 Å². The first-order chi connectivity index (χ1) is 10.8. The van der Waals surface area contributed by atoms with Gasteiger partial charge in [-0.2, -0.15) is 0 Å². The largest absolute Gasteiger partial charge is 0.356 e. The number of likely N-dealkylation sites (N-methyl/N-ethyl adjacent to an activating group) is 1. The maximum Gasteiger partial charge on any atom is 0.191 e. The quantitative estimate of drug-likeness (QED) is 0.599. The standard InChI is InChI=1S/C18H31FN4/c1-14(2)23(6)11-10-21-17(20-5)22-13-18(3,4)15-8-7-9-16(19)12-15/h7-9,12,14H,10-11,13H2,1-6H3,(H2,20,21,22). The highest BCUT2D eigenvalue weighted by molar-refractivity contribution is 5.79. The van der Waals surface area contributed by atoms with E-state index in [1.54, 1.807) is 19.2 Å². The summed E-state index contributed by atoms with van der Waals surface area (Å²) in [6.07, 6.45) is 0. The number of rotatable bonds is 7. The van der Waals surface area contributed by atoms with E-state index in [0.29, 0.717) is 12.6 Å². The third kappa shape index (κ3) is 6.57. The van der Waals surface area contributed by atoms with Crippen LogP contribution in [0.15, 0.2) is 29.3 Å². The van der Waals surface area contributed by atoms with E-state index in [1.807, 2.05) is 6.07 Å². The average molecular weight is 322 g/mol. The lowest BCUT2D eigenvalue weighted by atomic mass is 9.84. The van der Waals surface area contributed by atoms with Gasteiger partial charge in [-0.1, -0.05) is 26.0 Å². The van der Waals surface area contributed by atoms with Gasteiger partial charge in [0, 0.05) is 38.1 Å². The number of halogens is 1. The van der Waals surface area contributed by atoms with Crippen LogP contribution in [0.3, 0.4) is 0 Å². The molecule has 0 bridgehead atoms. The van der Waals surface area contributed by atoms with Gasteiger partial charge in [0.15, 0.2) is 5.96 Å². The van der Waals surface area contributed by atoms with Crippen LogP contribution in [-0.2, 0) is 5.41 Å². The third-order valence-corrected chi connectivity index (χ3v) is 4.17. The van der Waals surface area contributed by atoms with Gasteiger partial charge in [-0.05, 0) is 38.6 Å². The molecular formula is C18H31FN4. The first-order valence-electron chi connectivity index (χ1n) is 8.17. The molecule has 1 aromatic rings. The molecule has 0 unspecified atom stereocenters. The van der Waals surface area contributed by atoms with Crippen LogP contribution < -0.4 is 10.6 Å². The fourth-order valence-corrected chi connectivity index (χ4v) is 2.15. The highest BCUT2D eigenvalue weighted by Gasteiger charge is 2.21. The van der Waals surface area contributed by atoms with E-state index < -0.39 is 0 Å². The molecule has 0 spiro atoms. The van der Waals surface area contributed by atoms with Crippen LogP contribution in [0.2, 0.25) is 0 Å². The first-order valence-corrected chi connectivity index (χ1v) is 8.17. The molecule has 0 aliphatic heterocycles. The second kappa shape index (κ2) is 8.87. The number of benzene rings is 1. The van der Waals surface area contributed by atoms with Crippen molar-refractivity contribution in [3.63, 3.8) is 0 Å². The molecule has 0 aliphatic rings. The van der Waals surface area contributed by atoms with Crippen LogP contribution in [0.1, 0.15) is 33.3 Å². The van der Waals surface area contributed by atoms with Gasteiger partial charge in [-0.25, -0.2) is 4.39 Å². The fourth-order valence-electron chi connectivity index (χ4n) is 2.15. The van der Waals surface area contributed by atoms with Gasteiger partial charge in [0.05, 0.1) is 0 Å². The van der Waals surface area contributed by atoms with Crippen LogP contribution in [0, 0.1) is 5.82 Å². The Bertz CT molecular complexity index is 511. The normalized spacial score (nSPS) is 12.8. The van der Waals surface area contributed by atoms with Crippen LogP contribution >= 0.6 is 0 Å². The lowest BCUT2D eigenvalue weighted by Crippen LogP contribution is -2.45. The molecule has 0 fully saturated rings. The van der Waals surface area contributed by atoms with Gasteiger partial charge in [-0.15, -0.1) is 0 Å². The zero-order chi connectivity index (χ0) is 17.5. The highest BCUT2D eigenvalue weighted by Crippen LogP contribution is 2.22. The number of nitrogens with zero attached hydrogens (tertiary/aromatic N) is 2. The van der Waals surface area contributed by atoms with Gasteiger partial charge in [-0.3, -0.25) is 4.99 Å². The van der Waals surface area contributed by atoms with Gasteiger partial charge >= 0.3 is 0 Å². The number of hydrogen-bond acceptors (Lipinski definition) is 2. The van der Waals surface area contributed by atoms with E-state index in [4.69, 9.17) is 0 Å². The van der Waals surface area contributed by atoms with Crippen molar-refractivity contribution in [3.8, 4) is 0 Å². The van der Waals surface area contributed by atoms with Gasteiger partial charge in [0.1, 0.15) is 5.82 Å². The summed E-state index contributed by atoms with van der Waals surface area (Å²) in [6.45, 7) is 11.0. The van der Waals surface area contributed by atoms with Crippen molar-refractivity contribution in [2.24, 2.45) is 4.99 Å². The summed E-state index contributed by atoms with van der Waals surface area (Å²) in [4.78, 5) is 6.52. The molecule has 0 radical (unpaired) electrons. The van der Waals surface area contributed by atoms with Crippen LogP contribution in [-0.4, -0.2) is 50.6 Å². The van der Waals surface area contributed by atoms with E-state index in [0.717, 1.165) is 24.6 Å². The fraction of sp³-hybridized carbons (Fsp3) is 0.611. The second-order valence-corrected chi connectivity index (χ2v) is 6.82. The van der Waals surface area contributed by atoms with E-state index in [1.165, 1.54) is 6.07 Å². The van der Waals surface area contributed by atoms with Gasteiger partial charge in [0.2, 0.25) is 0 Å². The van der Waals surface area contributed by atoms with E-state index in [9.17, 15) is 4.39 Å². The summed E-state index contributed by atoms with van der Waals surface area (Å²) in [7, 11) is 3.87. The maximum absolute atomic E-state index is 13.4. The van der Waals surface area contributed by atoms with Crippen molar-refractivity contribution in [2.75, 3.05) is 33.7 Å². The number of nitrogens with one attached hydrogen (secondary N) is 2. The minimum Gasteiger partial charge on any atom is -0.356 e. The molecular weight excluding hydrogens is 291 g/mol. The Kier molecular flexibility index (Phi) is 7.49. The minimum absolute atomic E-state index is 0.186. The van der Waals surface area contributed by atoms with Crippen molar-refractivity contribution in [2.45, 2.75) is 39.2 Å². The summed E-state index contributed by atoms with van der Waals surface area (Å²) in [5, 5.41) is 6.64. The summed E-state index contributed by atoms with van der Waals surface area (Å²) in [5.74, 6) is 0.571. The topological polar surface area (TPSA) is 39.7 Å². The Balaban J connectivity index is 2.50. The molecule has 0 saturated heterocycles. The number of guanidine groups is 1. The molecule has 0 saturated carbocycles. The van der Waals surface area contributed by atoms with Gasteiger partial charge < -0.3 is 15.5 Å². The maximum atomic E-state index is 13.4. The van der Waals surface area contributed by atoms with Crippen molar-refractivity contribution in [1.82, 2.24) is 15.5 Å².